The molecule has 2 fully saturated rings. The Balaban J connectivity index is 1.69. The molecule has 2 aliphatic rings. The molecule has 0 aromatic carbocycles. The third kappa shape index (κ3) is 4.25. The predicted molar refractivity (Wildman–Crippen MR) is 71.5 cm³/mol. The van der Waals surface area contributed by atoms with Crippen LogP contribution in [0.1, 0.15) is 44.9 Å². The lowest BCUT2D eigenvalue weighted by Crippen LogP contribution is -2.42. The number of nitrogens with one attached hydrogen (secondary N) is 1. The molecule has 4 nitrogen and oxygen atoms in total. The number of piperidine rings is 1. The zero-order chi connectivity index (χ0) is 12.8. The number of carbonyl (C=O) groups excluding carboxylic acids is 1. The molecule has 2 heterocycles. The van der Waals surface area contributed by atoms with Gasteiger partial charge < -0.3 is 15.0 Å². The fourth-order valence-electron chi connectivity index (χ4n) is 2.82. The first-order chi connectivity index (χ1) is 8.75. The maximum absolute atomic E-state index is 12.1. The van der Waals surface area contributed by atoms with Crippen LogP contribution in [0, 0.1) is 0 Å². The van der Waals surface area contributed by atoms with Crippen LogP contribution in [-0.4, -0.2) is 49.7 Å². The Kier molecular flexibility index (Phi) is 5.45. The maximum Gasteiger partial charge on any atom is 0.223 e. The average molecular weight is 254 g/mol. The van der Waals surface area contributed by atoms with Crippen molar-refractivity contribution in [2.45, 2.75) is 57.1 Å². The van der Waals surface area contributed by atoms with Crippen LogP contribution < -0.4 is 5.32 Å². The summed E-state index contributed by atoms with van der Waals surface area (Å²) in [7, 11) is 1.91. The van der Waals surface area contributed by atoms with Gasteiger partial charge in [0.1, 0.15) is 0 Å². The van der Waals surface area contributed by atoms with Gasteiger partial charge in [0.15, 0.2) is 0 Å². The summed E-state index contributed by atoms with van der Waals surface area (Å²) in [5.74, 6) is 0.253. The molecule has 0 radical (unpaired) electrons. The van der Waals surface area contributed by atoms with Gasteiger partial charge in [-0.1, -0.05) is 6.42 Å². The molecule has 2 unspecified atom stereocenters. The van der Waals surface area contributed by atoms with Crippen molar-refractivity contribution in [1.29, 1.82) is 0 Å². The van der Waals surface area contributed by atoms with Gasteiger partial charge in [-0.05, 0) is 38.6 Å². The highest BCUT2D eigenvalue weighted by molar-refractivity contribution is 5.76. The third-order valence-corrected chi connectivity index (χ3v) is 4.01. The largest absolute Gasteiger partial charge is 0.376 e. The minimum atomic E-state index is 0.253. The topological polar surface area (TPSA) is 41.6 Å². The van der Waals surface area contributed by atoms with Crippen molar-refractivity contribution in [2.75, 3.05) is 26.7 Å². The second-order valence-electron chi connectivity index (χ2n) is 5.61. The van der Waals surface area contributed by atoms with Crippen molar-refractivity contribution in [1.82, 2.24) is 10.2 Å². The quantitative estimate of drug-likeness (QED) is 0.827. The smallest absolute Gasteiger partial charge is 0.223 e. The highest BCUT2D eigenvalue weighted by Gasteiger charge is 2.22. The summed E-state index contributed by atoms with van der Waals surface area (Å²) in [6, 6.07) is 0.390. The zero-order valence-corrected chi connectivity index (χ0v) is 11.5. The average Bonchev–Trinajstić information content (AvgIpc) is 2.41. The summed E-state index contributed by atoms with van der Waals surface area (Å²) in [6.45, 7) is 2.68. The number of ether oxygens (including phenoxy) is 1. The minimum Gasteiger partial charge on any atom is -0.376 e. The van der Waals surface area contributed by atoms with Crippen LogP contribution in [-0.2, 0) is 9.53 Å². The highest BCUT2D eigenvalue weighted by Crippen LogP contribution is 2.15. The number of rotatable bonds is 4. The number of carbonyl (C=O) groups is 1. The number of hydrogen-bond donors (Lipinski definition) is 1. The molecule has 2 rings (SSSR count). The van der Waals surface area contributed by atoms with Crippen molar-refractivity contribution < 1.29 is 9.53 Å². The molecule has 1 N–H and O–H groups in total. The Bertz CT molecular complexity index is 259. The zero-order valence-electron chi connectivity index (χ0n) is 11.5. The number of nitrogens with zero attached hydrogens (tertiary/aromatic N) is 1. The van der Waals surface area contributed by atoms with E-state index >= 15 is 0 Å². The van der Waals surface area contributed by atoms with Gasteiger partial charge >= 0.3 is 0 Å². The molecule has 18 heavy (non-hydrogen) atoms. The number of likely N-dealkylation sites (N-methyl/N-ethyl adjacent to an activating group) is 1. The van der Waals surface area contributed by atoms with E-state index in [1.165, 1.54) is 25.7 Å². The molecule has 4 heteroatoms. The molecule has 2 saturated heterocycles. The minimum absolute atomic E-state index is 0.253. The molecule has 0 aromatic heterocycles. The fraction of sp³-hybridized carbons (Fsp3) is 0.929. The van der Waals surface area contributed by atoms with Crippen molar-refractivity contribution in [3.05, 3.63) is 0 Å². The van der Waals surface area contributed by atoms with Crippen molar-refractivity contribution in [2.24, 2.45) is 0 Å². The maximum atomic E-state index is 12.1. The second kappa shape index (κ2) is 7.10. The molecule has 0 bridgehead atoms. The molecule has 0 aliphatic carbocycles. The monoisotopic (exact) mass is 254 g/mol. The molecule has 0 saturated carbocycles. The van der Waals surface area contributed by atoms with Gasteiger partial charge in [0, 0.05) is 32.7 Å². The molecule has 104 valence electrons. The Labute approximate surface area is 110 Å². The van der Waals surface area contributed by atoms with Crippen molar-refractivity contribution >= 4 is 5.91 Å². The van der Waals surface area contributed by atoms with Crippen LogP contribution >= 0.6 is 0 Å². The lowest BCUT2D eigenvalue weighted by atomic mass is 10.0. The van der Waals surface area contributed by atoms with Crippen LogP contribution in [0.5, 0.6) is 0 Å². The third-order valence-electron chi connectivity index (χ3n) is 4.01. The van der Waals surface area contributed by atoms with Gasteiger partial charge in [-0.15, -0.1) is 0 Å². The molecule has 0 aromatic rings. The van der Waals surface area contributed by atoms with Gasteiger partial charge in [-0.3, -0.25) is 4.79 Å². The van der Waals surface area contributed by atoms with E-state index in [1.54, 1.807) is 0 Å². The summed E-state index contributed by atoms with van der Waals surface area (Å²) in [6.07, 6.45) is 8.03. The van der Waals surface area contributed by atoms with E-state index < -0.39 is 0 Å². The van der Waals surface area contributed by atoms with Gasteiger partial charge in [0.25, 0.3) is 0 Å². The SMILES string of the molecule is CN(CC1CCCCO1)C(=O)CC1CCCCN1. The Morgan fingerprint density at radius 1 is 1.28 bits per heavy atom. The Morgan fingerprint density at radius 2 is 2.11 bits per heavy atom. The van der Waals surface area contributed by atoms with E-state index in [4.69, 9.17) is 4.74 Å². The van der Waals surface area contributed by atoms with E-state index in [2.05, 4.69) is 5.32 Å². The molecule has 2 aliphatic heterocycles. The van der Waals surface area contributed by atoms with E-state index in [0.717, 1.165) is 32.5 Å². The summed E-state index contributed by atoms with van der Waals surface area (Å²) < 4.78 is 5.68. The standard InChI is InChI=1S/C14H26N2O2/c1-16(11-13-7-3-5-9-18-13)14(17)10-12-6-2-4-8-15-12/h12-13,15H,2-11H2,1H3. The van der Waals surface area contributed by atoms with Crippen LogP contribution in [0.15, 0.2) is 0 Å². The normalized spacial score (nSPS) is 28.9. The fourth-order valence-corrected chi connectivity index (χ4v) is 2.82. The van der Waals surface area contributed by atoms with E-state index in [9.17, 15) is 4.79 Å². The summed E-state index contributed by atoms with van der Waals surface area (Å²) in [5, 5.41) is 3.43. The van der Waals surface area contributed by atoms with Crippen LogP contribution in [0.25, 0.3) is 0 Å². The molecule has 2 atom stereocenters. The van der Waals surface area contributed by atoms with E-state index in [-0.39, 0.29) is 12.0 Å². The van der Waals surface area contributed by atoms with E-state index in [0.29, 0.717) is 12.5 Å². The first kappa shape index (κ1) is 13.8. The highest BCUT2D eigenvalue weighted by atomic mass is 16.5. The molecule has 1 amide bonds. The summed E-state index contributed by atoms with van der Waals surface area (Å²) >= 11 is 0. The van der Waals surface area contributed by atoms with E-state index in [1.807, 2.05) is 11.9 Å². The second-order valence-corrected chi connectivity index (χ2v) is 5.61. The van der Waals surface area contributed by atoms with Gasteiger partial charge in [-0.2, -0.15) is 0 Å². The molecular weight excluding hydrogens is 228 g/mol. The van der Waals surface area contributed by atoms with Crippen LogP contribution in [0.2, 0.25) is 0 Å². The van der Waals surface area contributed by atoms with Gasteiger partial charge in [0.05, 0.1) is 6.10 Å². The first-order valence-corrected chi connectivity index (χ1v) is 7.34. The summed E-state index contributed by atoms with van der Waals surface area (Å²) in [4.78, 5) is 14.0. The predicted octanol–water partition coefficient (Wildman–Crippen LogP) is 1.55. The van der Waals surface area contributed by atoms with Crippen molar-refractivity contribution in [3.8, 4) is 0 Å². The first-order valence-electron chi connectivity index (χ1n) is 7.34. The Morgan fingerprint density at radius 3 is 2.78 bits per heavy atom. The molecular formula is C14H26N2O2. The Hall–Kier alpha value is -0.610. The molecule has 0 spiro atoms. The van der Waals surface area contributed by atoms with Crippen molar-refractivity contribution in [3.63, 3.8) is 0 Å². The summed E-state index contributed by atoms with van der Waals surface area (Å²) in [5.41, 5.74) is 0. The van der Waals surface area contributed by atoms with Crippen LogP contribution in [0.3, 0.4) is 0 Å². The lowest BCUT2D eigenvalue weighted by Gasteiger charge is -2.29. The van der Waals surface area contributed by atoms with Crippen LogP contribution in [0.4, 0.5) is 0 Å². The lowest BCUT2D eigenvalue weighted by molar-refractivity contribution is -0.133. The van der Waals surface area contributed by atoms with Gasteiger partial charge in [0.2, 0.25) is 5.91 Å². The number of hydrogen-bond acceptors (Lipinski definition) is 3. The number of amides is 1. The van der Waals surface area contributed by atoms with Gasteiger partial charge in [-0.25, -0.2) is 0 Å².